The second-order valence-electron chi connectivity index (χ2n) is 0. The molecule has 0 fully saturated rings. The van der Waals surface area contributed by atoms with Gasteiger partial charge in [0, 0.05) is 0 Å². The molecular formula is CH2OPtS2. The average Bonchev–Trinajstić information content (AvgIpc) is 1.00. The minimum Gasteiger partial charge on any atom is -2.00 e. The summed E-state index contributed by atoms with van der Waals surface area (Å²) in [5.41, 5.74) is 0. The molecule has 0 spiro atoms. The van der Waals surface area contributed by atoms with Gasteiger partial charge in [-0.25, -0.2) is 0 Å². The fraction of sp³-hybridized carbons (Fsp3) is 0. The molecule has 0 saturated heterocycles. The van der Waals surface area contributed by atoms with Crippen LogP contribution in [0.4, 0.5) is 0 Å². The van der Waals surface area contributed by atoms with Gasteiger partial charge in [-0.1, -0.05) is 0 Å². The minimum atomic E-state index is 0. The van der Waals surface area contributed by atoms with Crippen molar-refractivity contribution in [3.8, 4) is 0 Å². The number of carbonyl (C=O) groups excluding carboxylic acids is 1. The van der Waals surface area contributed by atoms with Gasteiger partial charge in [0.1, 0.15) is 6.79 Å². The zero-order valence-corrected chi connectivity index (χ0v) is 6.15. The largest absolute Gasteiger partial charge is 4.00 e. The van der Waals surface area contributed by atoms with Gasteiger partial charge in [-0.05, 0) is 0 Å². The van der Waals surface area contributed by atoms with E-state index >= 15 is 0 Å². The van der Waals surface area contributed by atoms with Crippen molar-refractivity contribution < 1.29 is 25.9 Å². The SMILES string of the molecule is C=O.[Pt+4].[S-2].[S-2]. The van der Waals surface area contributed by atoms with E-state index in [1.54, 1.807) is 0 Å². The third-order valence-electron chi connectivity index (χ3n) is 0. The van der Waals surface area contributed by atoms with Crippen LogP contribution < -0.4 is 0 Å². The van der Waals surface area contributed by atoms with Crippen molar-refractivity contribution in [2.75, 3.05) is 0 Å². The molecule has 0 aromatic heterocycles. The van der Waals surface area contributed by atoms with E-state index in [1.807, 2.05) is 6.79 Å². The van der Waals surface area contributed by atoms with Crippen LogP contribution in [0.3, 0.4) is 0 Å². The first-order chi connectivity index (χ1) is 1.00. The standard InChI is InChI=1S/CH2O.Pt.2S/c1-2;;;/h1H2;;;/q;+4;2*-2. The number of rotatable bonds is 0. The molecule has 0 saturated carbocycles. The molecule has 0 aromatic rings. The Kier molecular flexibility index (Phi) is 544. The molecule has 0 aliphatic rings. The smallest absolute Gasteiger partial charge is 2.00 e. The van der Waals surface area contributed by atoms with E-state index in [2.05, 4.69) is 0 Å². The van der Waals surface area contributed by atoms with Gasteiger partial charge in [0.2, 0.25) is 0 Å². The van der Waals surface area contributed by atoms with Crippen LogP contribution in [0.1, 0.15) is 0 Å². The van der Waals surface area contributed by atoms with Crippen LogP contribution in [-0.2, 0) is 52.9 Å². The van der Waals surface area contributed by atoms with Gasteiger partial charge >= 0.3 is 21.1 Å². The Morgan fingerprint density at radius 3 is 1.00 bits per heavy atom. The van der Waals surface area contributed by atoms with Crippen LogP contribution in [0.2, 0.25) is 0 Å². The van der Waals surface area contributed by atoms with Crippen LogP contribution in [-0.4, -0.2) is 6.79 Å². The minimum absolute atomic E-state index is 0. The van der Waals surface area contributed by atoms with Gasteiger partial charge in [-0.2, -0.15) is 0 Å². The Balaban J connectivity index is -0.00000000167. The van der Waals surface area contributed by atoms with Gasteiger partial charge in [-0.3, -0.25) is 0 Å². The molecule has 0 aromatic carbocycles. The fourth-order valence-electron chi connectivity index (χ4n) is 0. The predicted octanol–water partition coefficient (Wildman–Crippen LogP) is -0.192. The van der Waals surface area contributed by atoms with Crippen molar-refractivity contribution in [2.24, 2.45) is 0 Å². The van der Waals surface area contributed by atoms with Crippen molar-refractivity contribution in [3.63, 3.8) is 0 Å². The van der Waals surface area contributed by atoms with Crippen molar-refractivity contribution in [3.05, 3.63) is 0 Å². The van der Waals surface area contributed by atoms with E-state index in [1.165, 1.54) is 0 Å². The Morgan fingerprint density at radius 2 is 1.00 bits per heavy atom. The summed E-state index contributed by atoms with van der Waals surface area (Å²) in [4.78, 5) is 8.00. The molecule has 0 atom stereocenters. The maximum Gasteiger partial charge on any atom is 4.00 e. The summed E-state index contributed by atoms with van der Waals surface area (Å²) in [5, 5.41) is 0. The van der Waals surface area contributed by atoms with Gasteiger partial charge in [-0.15, -0.1) is 0 Å². The summed E-state index contributed by atoms with van der Waals surface area (Å²) in [6.07, 6.45) is 0. The van der Waals surface area contributed by atoms with Crippen LogP contribution in [0.15, 0.2) is 0 Å². The summed E-state index contributed by atoms with van der Waals surface area (Å²) in [6.45, 7) is 2.00. The first-order valence-electron chi connectivity index (χ1n) is 0.289. The molecule has 0 N–H and O–H groups in total. The molecule has 34 valence electrons. The first-order valence-corrected chi connectivity index (χ1v) is 0.289. The quantitative estimate of drug-likeness (QED) is 0.604. The second kappa shape index (κ2) is 74.4. The van der Waals surface area contributed by atoms with Crippen LogP contribution in [0, 0.1) is 0 Å². The molecule has 4 heteroatoms. The molecule has 0 aliphatic carbocycles. The van der Waals surface area contributed by atoms with E-state index in [0.717, 1.165) is 0 Å². The van der Waals surface area contributed by atoms with Gasteiger partial charge in [0.15, 0.2) is 0 Å². The van der Waals surface area contributed by atoms with E-state index < -0.39 is 0 Å². The number of hydrogen-bond donors (Lipinski definition) is 0. The second-order valence-corrected chi connectivity index (χ2v) is 0. The van der Waals surface area contributed by atoms with Crippen LogP contribution >= 0.6 is 0 Å². The van der Waals surface area contributed by atoms with Crippen molar-refractivity contribution in [1.82, 2.24) is 0 Å². The Morgan fingerprint density at radius 1 is 1.00 bits per heavy atom. The molecule has 1 nitrogen and oxygen atoms in total. The van der Waals surface area contributed by atoms with E-state index in [-0.39, 0.29) is 48.1 Å². The zero-order chi connectivity index (χ0) is 2.00. The normalized spacial score (nSPS) is 0.800. The van der Waals surface area contributed by atoms with E-state index in [4.69, 9.17) is 4.79 Å². The molecule has 0 unspecified atom stereocenters. The summed E-state index contributed by atoms with van der Waals surface area (Å²) in [5.74, 6) is 0. The average molecular weight is 289 g/mol. The molecule has 0 radical (unpaired) electrons. The maximum atomic E-state index is 8.00. The maximum absolute atomic E-state index is 8.00. The fourth-order valence-corrected chi connectivity index (χ4v) is 0. The number of carbonyl (C=O) groups is 1. The molecule has 0 amide bonds. The molecular weight excluding hydrogens is 287 g/mol. The molecule has 0 rings (SSSR count). The summed E-state index contributed by atoms with van der Waals surface area (Å²) in [7, 11) is 0. The Labute approximate surface area is 59.7 Å². The van der Waals surface area contributed by atoms with Crippen molar-refractivity contribution in [1.29, 1.82) is 0 Å². The number of hydrogen-bond acceptors (Lipinski definition) is 1. The van der Waals surface area contributed by atoms with Crippen molar-refractivity contribution >= 4 is 33.8 Å². The topological polar surface area (TPSA) is 17.1 Å². The summed E-state index contributed by atoms with van der Waals surface area (Å²) in [6, 6.07) is 0. The predicted molar refractivity (Wildman–Crippen MR) is 21.9 cm³/mol. The molecule has 0 bridgehead atoms. The van der Waals surface area contributed by atoms with Gasteiger partial charge in [0.05, 0.1) is 0 Å². The van der Waals surface area contributed by atoms with Crippen LogP contribution in [0.5, 0.6) is 0 Å². The summed E-state index contributed by atoms with van der Waals surface area (Å²) < 4.78 is 0. The zero-order valence-electron chi connectivity index (χ0n) is 2.25. The van der Waals surface area contributed by atoms with Gasteiger partial charge in [0.25, 0.3) is 0 Å². The molecule has 0 aliphatic heterocycles. The van der Waals surface area contributed by atoms with E-state index in [9.17, 15) is 0 Å². The molecule has 0 heterocycles. The van der Waals surface area contributed by atoms with E-state index in [0.29, 0.717) is 0 Å². The monoisotopic (exact) mass is 289 g/mol. The third-order valence-corrected chi connectivity index (χ3v) is 0. The molecule has 5 heavy (non-hydrogen) atoms. The summed E-state index contributed by atoms with van der Waals surface area (Å²) >= 11 is 0. The van der Waals surface area contributed by atoms with Crippen molar-refractivity contribution in [2.45, 2.75) is 0 Å². The Bertz CT molecular complexity index is 9.61. The third kappa shape index (κ3) is 42.2. The van der Waals surface area contributed by atoms with Gasteiger partial charge < -0.3 is 31.8 Å². The Hall–Kier alpha value is 1.06. The first kappa shape index (κ1) is 36.6. The van der Waals surface area contributed by atoms with Crippen LogP contribution in [0.25, 0.3) is 0 Å².